The molecule has 3 aromatic rings. The van der Waals surface area contributed by atoms with Crippen LogP contribution in [0.2, 0.25) is 0 Å². The third-order valence-electron chi connectivity index (χ3n) is 4.28. The minimum Gasteiger partial charge on any atom is -0.387 e. The summed E-state index contributed by atoms with van der Waals surface area (Å²) in [5, 5.41) is 21.0. The topological polar surface area (TPSA) is 69.6 Å². The van der Waals surface area contributed by atoms with Gasteiger partial charge in [-0.05, 0) is 27.8 Å². The standard InChI is InChI=1S/C13H10O.C9H11NO2/c14-13-11-7-3-1-5-9(11)10-6-2-4-8-12(10)13;11-7-9(12)10-6-8-4-2-1-3-5-8/h1-8,13-14H;1-5,11H,6-7H2,(H,10,12). The van der Waals surface area contributed by atoms with Crippen LogP contribution in [0, 0.1) is 0 Å². The Kier molecular flexibility index (Phi) is 5.79. The average molecular weight is 347 g/mol. The van der Waals surface area contributed by atoms with E-state index in [0.29, 0.717) is 6.54 Å². The van der Waals surface area contributed by atoms with Gasteiger partial charge in [-0.1, -0.05) is 78.9 Å². The van der Waals surface area contributed by atoms with E-state index in [2.05, 4.69) is 17.4 Å². The van der Waals surface area contributed by atoms with Gasteiger partial charge < -0.3 is 15.5 Å². The molecular formula is C22H21NO3. The molecule has 26 heavy (non-hydrogen) atoms. The van der Waals surface area contributed by atoms with Crippen LogP contribution in [-0.2, 0) is 11.3 Å². The second kappa shape index (κ2) is 8.43. The number of hydrogen-bond donors (Lipinski definition) is 3. The van der Waals surface area contributed by atoms with Crippen molar-refractivity contribution in [2.45, 2.75) is 12.6 Å². The maximum absolute atomic E-state index is 10.6. The minimum absolute atomic E-state index is 0.348. The van der Waals surface area contributed by atoms with Crippen molar-refractivity contribution in [3.8, 4) is 11.1 Å². The van der Waals surface area contributed by atoms with Crippen LogP contribution in [0.4, 0.5) is 0 Å². The lowest BCUT2D eigenvalue weighted by molar-refractivity contribution is -0.123. The normalized spacial score (nSPS) is 11.8. The van der Waals surface area contributed by atoms with Gasteiger partial charge >= 0.3 is 0 Å². The van der Waals surface area contributed by atoms with Gasteiger partial charge in [-0.3, -0.25) is 4.79 Å². The lowest BCUT2D eigenvalue weighted by Gasteiger charge is -2.03. The number of carbonyl (C=O) groups is 1. The molecule has 0 saturated heterocycles. The molecule has 0 unspecified atom stereocenters. The van der Waals surface area contributed by atoms with Crippen LogP contribution in [0.15, 0.2) is 78.9 Å². The molecule has 0 heterocycles. The Balaban J connectivity index is 0.000000153. The predicted octanol–water partition coefficient (Wildman–Crippen LogP) is 3.04. The number of amides is 1. The lowest BCUT2D eigenvalue weighted by Crippen LogP contribution is -2.25. The van der Waals surface area contributed by atoms with E-state index in [-0.39, 0.29) is 5.91 Å². The van der Waals surface area contributed by atoms with Gasteiger partial charge in [0.2, 0.25) is 5.91 Å². The minimum atomic E-state index is -0.452. The summed E-state index contributed by atoms with van der Waals surface area (Å²) in [6.07, 6.45) is -0.442. The lowest BCUT2D eigenvalue weighted by atomic mass is 10.1. The monoisotopic (exact) mass is 347 g/mol. The summed E-state index contributed by atoms with van der Waals surface area (Å²) >= 11 is 0. The summed E-state index contributed by atoms with van der Waals surface area (Å²) < 4.78 is 0. The third-order valence-corrected chi connectivity index (χ3v) is 4.28. The van der Waals surface area contributed by atoms with Crippen LogP contribution in [0.25, 0.3) is 11.1 Å². The van der Waals surface area contributed by atoms with E-state index in [1.807, 2.05) is 66.7 Å². The van der Waals surface area contributed by atoms with Gasteiger partial charge in [0.15, 0.2) is 0 Å². The van der Waals surface area contributed by atoms with Crippen molar-refractivity contribution >= 4 is 5.91 Å². The Labute approximate surface area is 152 Å². The van der Waals surface area contributed by atoms with E-state index < -0.39 is 12.7 Å². The molecule has 0 bridgehead atoms. The summed E-state index contributed by atoms with van der Waals surface area (Å²) in [6.45, 7) is 0.0209. The predicted molar refractivity (Wildman–Crippen MR) is 101 cm³/mol. The highest BCUT2D eigenvalue weighted by Gasteiger charge is 2.25. The van der Waals surface area contributed by atoms with Gasteiger partial charge in [0.25, 0.3) is 0 Å². The van der Waals surface area contributed by atoms with Crippen molar-refractivity contribution in [1.29, 1.82) is 0 Å². The van der Waals surface area contributed by atoms with Gasteiger partial charge in [0.05, 0.1) is 0 Å². The van der Waals surface area contributed by atoms with E-state index >= 15 is 0 Å². The summed E-state index contributed by atoms with van der Waals surface area (Å²) in [4.78, 5) is 10.6. The number of aliphatic hydroxyl groups excluding tert-OH is 2. The van der Waals surface area contributed by atoms with Crippen molar-refractivity contribution < 1.29 is 15.0 Å². The van der Waals surface area contributed by atoms with Gasteiger partial charge in [-0.25, -0.2) is 0 Å². The highest BCUT2D eigenvalue weighted by molar-refractivity contribution is 5.78. The molecule has 3 aromatic carbocycles. The van der Waals surface area contributed by atoms with E-state index in [4.69, 9.17) is 5.11 Å². The summed E-state index contributed by atoms with van der Waals surface area (Å²) in [6, 6.07) is 25.6. The summed E-state index contributed by atoms with van der Waals surface area (Å²) in [5.74, 6) is -0.348. The van der Waals surface area contributed by atoms with Crippen LogP contribution < -0.4 is 5.32 Å². The number of carbonyl (C=O) groups excluding carboxylic acids is 1. The molecule has 0 radical (unpaired) electrons. The Hall–Kier alpha value is -2.95. The Bertz CT molecular complexity index is 832. The van der Waals surface area contributed by atoms with Gasteiger partial charge in [-0.15, -0.1) is 0 Å². The Morgan fingerprint density at radius 3 is 1.85 bits per heavy atom. The SMILES string of the molecule is O=C(CO)NCc1ccccc1.OC1c2ccccc2-c2ccccc21. The molecule has 1 amide bonds. The van der Waals surface area contributed by atoms with Crippen molar-refractivity contribution in [2.75, 3.05) is 6.61 Å². The van der Waals surface area contributed by atoms with E-state index in [9.17, 15) is 9.90 Å². The number of benzene rings is 3. The van der Waals surface area contributed by atoms with Crippen LogP contribution in [0.1, 0.15) is 22.8 Å². The molecule has 4 nitrogen and oxygen atoms in total. The van der Waals surface area contributed by atoms with E-state index in [1.54, 1.807) is 0 Å². The molecule has 132 valence electrons. The van der Waals surface area contributed by atoms with Crippen LogP contribution >= 0.6 is 0 Å². The third kappa shape index (κ3) is 3.99. The quantitative estimate of drug-likeness (QED) is 0.682. The van der Waals surface area contributed by atoms with Gasteiger partial charge in [-0.2, -0.15) is 0 Å². The first-order valence-corrected chi connectivity index (χ1v) is 8.48. The zero-order valence-electron chi connectivity index (χ0n) is 14.3. The molecule has 0 aromatic heterocycles. The summed E-state index contributed by atoms with van der Waals surface area (Å²) in [5.41, 5.74) is 5.40. The molecule has 3 N–H and O–H groups in total. The molecule has 0 saturated carbocycles. The largest absolute Gasteiger partial charge is 0.387 e. The molecule has 1 aliphatic carbocycles. The zero-order valence-corrected chi connectivity index (χ0v) is 14.3. The highest BCUT2D eigenvalue weighted by Crippen LogP contribution is 2.42. The zero-order chi connectivity index (χ0) is 18.4. The first-order chi connectivity index (χ1) is 12.7. The fraction of sp³-hybridized carbons (Fsp3) is 0.136. The molecule has 0 aliphatic heterocycles. The van der Waals surface area contributed by atoms with E-state index in [0.717, 1.165) is 27.8 Å². The molecule has 1 aliphatic rings. The number of fused-ring (bicyclic) bond motifs is 3. The summed E-state index contributed by atoms with van der Waals surface area (Å²) in [7, 11) is 0. The molecule has 0 atom stereocenters. The van der Waals surface area contributed by atoms with E-state index in [1.165, 1.54) is 0 Å². The van der Waals surface area contributed by atoms with Crippen molar-refractivity contribution in [2.24, 2.45) is 0 Å². The fourth-order valence-electron chi connectivity index (χ4n) is 2.98. The maximum Gasteiger partial charge on any atom is 0.245 e. The Morgan fingerprint density at radius 2 is 1.31 bits per heavy atom. The highest BCUT2D eigenvalue weighted by atomic mass is 16.3. The number of rotatable bonds is 3. The maximum atomic E-state index is 10.6. The molecule has 4 heteroatoms. The molecular weight excluding hydrogens is 326 g/mol. The van der Waals surface area contributed by atoms with Crippen molar-refractivity contribution in [3.63, 3.8) is 0 Å². The number of hydrogen-bond acceptors (Lipinski definition) is 3. The van der Waals surface area contributed by atoms with Crippen LogP contribution in [0.5, 0.6) is 0 Å². The first-order valence-electron chi connectivity index (χ1n) is 8.48. The Morgan fingerprint density at radius 1 is 0.808 bits per heavy atom. The second-order valence-corrected chi connectivity index (χ2v) is 6.00. The first kappa shape index (κ1) is 17.9. The molecule has 0 fully saturated rings. The van der Waals surface area contributed by atoms with Crippen LogP contribution in [-0.4, -0.2) is 22.7 Å². The van der Waals surface area contributed by atoms with Crippen LogP contribution in [0.3, 0.4) is 0 Å². The smallest absolute Gasteiger partial charge is 0.245 e. The van der Waals surface area contributed by atoms with Crippen molar-refractivity contribution in [1.82, 2.24) is 5.32 Å². The molecule has 0 spiro atoms. The second-order valence-electron chi connectivity index (χ2n) is 6.00. The van der Waals surface area contributed by atoms with Gasteiger partial charge in [0.1, 0.15) is 12.7 Å². The number of aliphatic hydroxyl groups is 2. The average Bonchev–Trinajstić information content (AvgIpc) is 3.00. The van der Waals surface area contributed by atoms with Gasteiger partial charge in [0, 0.05) is 6.54 Å². The fourth-order valence-corrected chi connectivity index (χ4v) is 2.98. The number of nitrogens with one attached hydrogen (secondary N) is 1. The molecule has 4 rings (SSSR count). The van der Waals surface area contributed by atoms with Crippen molar-refractivity contribution in [3.05, 3.63) is 95.6 Å².